The van der Waals surface area contributed by atoms with E-state index in [1.807, 2.05) is 6.08 Å². The second-order valence-corrected chi connectivity index (χ2v) is 12.9. The molecule has 2 aromatic carbocycles. The number of nitrogens with one attached hydrogen (secondary N) is 2. The monoisotopic (exact) mass is 608 g/mol. The fourth-order valence-corrected chi connectivity index (χ4v) is 5.58. The summed E-state index contributed by atoms with van der Waals surface area (Å²) in [7, 11) is -3.42. The van der Waals surface area contributed by atoms with Crippen LogP contribution >= 0.6 is 0 Å². The van der Waals surface area contributed by atoms with Crippen molar-refractivity contribution < 1.29 is 31.9 Å². The summed E-state index contributed by atoms with van der Waals surface area (Å²) in [6.07, 6.45) is 7.29. The summed E-state index contributed by atoms with van der Waals surface area (Å²) in [5.74, 6) is -1.41. The molecule has 2 N–H and O–H groups in total. The molecule has 2 heterocycles. The van der Waals surface area contributed by atoms with E-state index in [0.29, 0.717) is 22.4 Å². The molecule has 3 aromatic rings. The number of amides is 3. The molecule has 0 bridgehead atoms. The van der Waals surface area contributed by atoms with Crippen LogP contribution in [0.2, 0.25) is 0 Å². The Morgan fingerprint density at radius 1 is 1.14 bits per heavy atom. The zero-order valence-electron chi connectivity index (χ0n) is 23.9. The van der Waals surface area contributed by atoms with E-state index in [0.717, 1.165) is 24.7 Å². The first-order valence-corrected chi connectivity index (χ1v) is 15.9. The zero-order chi connectivity index (χ0) is 30.7. The highest BCUT2D eigenvalue weighted by molar-refractivity contribution is 7.90. The molecule has 2 fully saturated rings. The maximum atomic E-state index is 13.4. The van der Waals surface area contributed by atoms with Gasteiger partial charge in [-0.2, -0.15) is 0 Å². The number of carbonyl (C=O) groups is 3. The van der Waals surface area contributed by atoms with E-state index in [2.05, 4.69) is 21.7 Å². The van der Waals surface area contributed by atoms with Gasteiger partial charge in [0.25, 0.3) is 5.91 Å². The van der Waals surface area contributed by atoms with Gasteiger partial charge in [0.2, 0.25) is 11.8 Å². The third-order valence-corrected chi connectivity index (χ3v) is 8.63. The van der Waals surface area contributed by atoms with Crippen molar-refractivity contribution in [1.29, 1.82) is 0 Å². The van der Waals surface area contributed by atoms with Gasteiger partial charge in [0.1, 0.15) is 17.6 Å². The normalized spacial score (nSPS) is 18.0. The maximum Gasteiger partial charge on any atom is 0.270 e. The molecular formula is C31H33FN4O6S. The van der Waals surface area contributed by atoms with Crippen LogP contribution < -0.4 is 10.6 Å². The van der Waals surface area contributed by atoms with Gasteiger partial charge in [-0.3, -0.25) is 14.4 Å². The number of benzene rings is 2. The number of hydrogen-bond donors (Lipinski definition) is 2. The molecule has 2 aliphatic rings. The minimum atomic E-state index is -3.42. The van der Waals surface area contributed by atoms with Crippen molar-refractivity contribution in [2.75, 3.05) is 32.6 Å². The van der Waals surface area contributed by atoms with Crippen molar-refractivity contribution in [2.24, 2.45) is 5.92 Å². The van der Waals surface area contributed by atoms with Gasteiger partial charge in [0, 0.05) is 18.2 Å². The Kier molecular flexibility index (Phi) is 8.88. The van der Waals surface area contributed by atoms with E-state index in [9.17, 15) is 27.2 Å². The molecule has 0 spiro atoms. The van der Waals surface area contributed by atoms with Gasteiger partial charge in [-0.05, 0) is 73.2 Å². The molecule has 1 aromatic heterocycles. The van der Waals surface area contributed by atoms with Gasteiger partial charge >= 0.3 is 0 Å². The minimum Gasteiger partial charge on any atom is -0.377 e. The summed E-state index contributed by atoms with van der Waals surface area (Å²) in [5.41, 5.74) is 1.96. The van der Waals surface area contributed by atoms with Gasteiger partial charge in [-0.1, -0.05) is 24.3 Å². The van der Waals surface area contributed by atoms with Crippen molar-refractivity contribution in [2.45, 2.75) is 36.7 Å². The largest absolute Gasteiger partial charge is 0.377 e. The van der Waals surface area contributed by atoms with Crippen LogP contribution in [0.25, 0.3) is 17.0 Å². The smallest absolute Gasteiger partial charge is 0.270 e. The van der Waals surface area contributed by atoms with Crippen molar-refractivity contribution >= 4 is 44.5 Å². The molecule has 43 heavy (non-hydrogen) atoms. The van der Waals surface area contributed by atoms with Crippen LogP contribution in [0.5, 0.6) is 0 Å². The average molecular weight is 609 g/mol. The number of pyridine rings is 1. The number of ether oxygens (including phenoxy) is 1. The first-order chi connectivity index (χ1) is 20.5. The van der Waals surface area contributed by atoms with Gasteiger partial charge in [-0.15, -0.1) is 0 Å². The highest BCUT2D eigenvalue weighted by Gasteiger charge is 2.34. The van der Waals surface area contributed by atoms with E-state index in [-0.39, 0.29) is 36.9 Å². The van der Waals surface area contributed by atoms with E-state index in [4.69, 9.17) is 4.74 Å². The van der Waals surface area contributed by atoms with Gasteiger partial charge in [-0.25, -0.2) is 17.8 Å². The molecule has 1 aliphatic carbocycles. The molecule has 3 amide bonds. The fraction of sp³-hybridized carbons (Fsp3) is 0.355. The quantitative estimate of drug-likeness (QED) is 0.381. The Balaban J connectivity index is 1.24. The lowest BCUT2D eigenvalue weighted by Gasteiger charge is -2.35. The molecule has 12 heteroatoms. The Morgan fingerprint density at radius 3 is 2.67 bits per heavy atom. The SMILES string of the molecule is C[C@H](NC(=O)[C@@H]1COCCN1C(=O)CNC(=O)c1ccc2cc(F)ccc2n1)c1ccc(S(C)(=O)=O)cc1/C=C/C1CC1. The standard InChI is InChI=1S/C31H33FN4O6S/c1-19(25-10-9-24(43(2,40)41)16-21(25)6-5-20-3-4-20)34-31(39)28-18-42-14-13-36(28)29(37)17-33-30(38)27-11-7-22-15-23(32)8-12-26(22)35-27/h5-12,15-16,19-20,28H,3-4,13-14,17-18H2,1-2H3,(H,33,38)(H,34,39)/b6-5+/t19-,28-/m0/s1. The third kappa shape index (κ3) is 7.44. The van der Waals surface area contributed by atoms with Gasteiger partial charge < -0.3 is 20.3 Å². The molecule has 1 aliphatic heterocycles. The minimum absolute atomic E-state index is 0.0114. The van der Waals surface area contributed by atoms with Crippen LogP contribution in [0.3, 0.4) is 0 Å². The number of fused-ring (bicyclic) bond motifs is 1. The topological polar surface area (TPSA) is 135 Å². The van der Waals surface area contributed by atoms with Crippen LogP contribution in [-0.4, -0.2) is 74.6 Å². The number of carbonyl (C=O) groups excluding carboxylic acids is 3. The summed E-state index contributed by atoms with van der Waals surface area (Å²) in [6, 6.07) is 10.5. The highest BCUT2D eigenvalue weighted by Crippen LogP contribution is 2.32. The van der Waals surface area contributed by atoms with Crippen molar-refractivity contribution in [3.8, 4) is 0 Å². The lowest BCUT2D eigenvalue weighted by atomic mass is 10.00. The summed E-state index contributed by atoms with van der Waals surface area (Å²) in [5, 5.41) is 6.04. The fourth-order valence-electron chi connectivity index (χ4n) is 4.93. The summed E-state index contributed by atoms with van der Waals surface area (Å²) < 4.78 is 43.3. The van der Waals surface area contributed by atoms with Crippen LogP contribution in [-0.2, 0) is 24.2 Å². The zero-order valence-corrected chi connectivity index (χ0v) is 24.7. The lowest BCUT2D eigenvalue weighted by molar-refractivity contribution is -0.148. The predicted molar refractivity (Wildman–Crippen MR) is 158 cm³/mol. The summed E-state index contributed by atoms with van der Waals surface area (Å²) >= 11 is 0. The molecular weight excluding hydrogens is 575 g/mol. The Bertz CT molecular complexity index is 1710. The Hall–Kier alpha value is -4.16. The van der Waals surface area contributed by atoms with E-state index < -0.39 is 45.5 Å². The Morgan fingerprint density at radius 2 is 1.93 bits per heavy atom. The Labute approximate surface area is 249 Å². The highest BCUT2D eigenvalue weighted by atomic mass is 32.2. The van der Waals surface area contributed by atoms with Crippen molar-refractivity contribution in [1.82, 2.24) is 20.5 Å². The first-order valence-electron chi connectivity index (χ1n) is 14.0. The predicted octanol–water partition coefficient (Wildman–Crippen LogP) is 3.04. The number of halogens is 1. The molecule has 10 nitrogen and oxygen atoms in total. The van der Waals surface area contributed by atoms with E-state index in [1.54, 1.807) is 25.1 Å². The number of aromatic nitrogens is 1. The number of nitrogens with zero attached hydrogens (tertiary/aromatic N) is 2. The first kappa shape index (κ1) is 30.3. The average Bonchev–Trinajstić information content (AvgIpc) is 3.82. The molecule has 226 valence electrons. The molecule has 0 radical (unpaired) electrons. The summed E-state index contributed by atoms with van der Waals surface area (Å²) in [6.45, 7) is 1.83. The number of rotatable bonds is 9. The van der Waals surface area contributed by atoms with Crippen molar-refractivity contribution in [3.63, 3.8) is 0 Å². The molecule has 1 saturated carbocycles. The number of allylic oxidation sites excluding steroid dienone is 1. The number of hydrogen-bond acceptors (Lipinski definition) is 7. The van der Waals surface area contributed by atoms with Gasteiger partial charge in [0.15, 0.2) is 9.84 Å². The van der Waals surface area contributed by atoms with Crippen LogP contribution in [0.15, 0.2) is 59.5 Å². The molecule has 2 atom stereocenters. The molecule has 1 saturated heterocycles. The number of sulfone groups is 1. The van der Waals surface area contributed by atoms with E-state index >= 15 is 0 Å². The summed E-state index contributed by atoms with van der Waals surface area (Å²) in [4.78, 5) is 45.1. The van der Waals surface area contributed by atoms with Crippen LogP contribution in [0.4, 0.5) is 4.39 Å². The molecule has 5 rings (SSSR count). The third-order valence-electron chi connectivity index (χ3n) is 7.52. The van der Waals surface area contributed by atoms with Crippen LogP contribution in [0, 0.1) is 11.7 Å². The number of morpholine rings is 1. The van der Waals surface area contributed by atoms with Gasteiger partial charge in [0.05, 0.1) is 36.2 Å². The van der Waals surface area contributed by atoms with Crippen molar-refractivity contribution in [3.05, 3.63) is 77.2 Å². The molecule has 0 unspecified atom stereocenters. The van der Waals surface area contributed by atoms with E-state index in [1.165, 1.54) is 35.2 Å². The second-order valence-electron chi connectivity index (χ2n) is 10.9. The van der Waals surface area contributed by atoms with Crippen LogP contribution in [0.1, 0.15) is 47.4 Å². The second kappa shape index (κ2) is 12.6. The maximum absolute atomic E-state index is 13.4. The lowest BCUT2D eigenvalue weighted by Crippen LogP contribution is -2.57.